The predicted octanol–water partition coefficient (Wildman–Crippen LogP) is 9.85. The standard InChI is InChI=1S/C42H28N6O/c1-5-15-29(16-6-1)37-43-38(30-17-7-2-8-18-30)46-41(45-37)33-23-13-25-35(27-33)49-36-26-14-24-34(28-36)42-47-39(31-19-9-3-10-20-31)44-40(48-42)32-21-11-4-12-22-32/h1-28H. The largest absolute Gasteiger partial charge is 0.457 e. The van der Waals surface area contributed by atoms with Gasteiger partial charge in [0.15, 0.2) is 34.9 Å². The van der Waals surface area contributed by atoms with E-state index in [0.29, 0.717) is 46.4 Å². The fraction of sp³-hybridized carbons (Fsp3) is 0. The van der Waals surface area contributed by atoms with Gasteiger partial charge in [-0.25, -0.2) is 29.9 Å². The van der Waals surface area contributed by atoms with Crippen molar-refractivity contribution in [3.8, 4) is 79.8 Å². The smallest absolute Gasteiger partial charge is 0.164 e. The fourth-order valence-corrected chi connectivity index (χ4v) is 5.41. The fourth-order valence-electron chi connectivity index (χ4n) is 5.41. The molecule has 232 valence electrons. The van der Waals surface area contributed by atoms with E-state index in [1.165, 1.54) is 0 Å². The van der Waals surface area contributed by atoms with Gasteiger partial charge < -0.3 is 4.74 Å². The van der Waals surface area contributed by atoms with E-state index in [0.717, 1.165) is 33.4 Å². The molecule has 6 aromatic carbocycles. The Morgan fingerprint density at radius 3 is 0.776 bits per heavy atom. The molecule has 2 heterocycles. The highest BCUT2D eigenvalue weighted by Gasteiger charge is 2.15. The van der Waals surface area contributed by atoms with E-state index in [9.17, 15) is 0 Å². The molecule has 0 unspecified atom stereocenters. The maximum absolute atomic E-state index is 6.42. The van der Waals surface area contributed by atoms with Crippen LogP contribution in [-0.4, -0.2) is 29.9 Å². The number of nitrogens with zero attached hydrogens (tertiary/aromatic N) is 6. The van der Waals surface area contributed by atoms with Gasteiger partial charge in [-0.2, -0.15) is 0 Å². The van der Waals surface area contributed by atoms with Crippen LogP contribution in [0.25, 0.3) is 68.3 Å². The SMILES string of the molecule is c1ccc(-c2nc(-c3ccccc3)nc(-c3cccc(Oc4cccc(-c5nc(-c6ccccc6)nc(-c6ccccc6)n5)c4)c3)n2)cc1. The zero-order valence-electron chi connectivity index (χ0n) is 26.3. The number of ether oxygens (including phenoxy) is 1. The zero-order chi connectivity index (χ0) is 32.8. The van der Waals surface area contributed by atoms with Gasteiger partial charge in [-0.15, -0.1) is 0 Å². The second-order valence-corrected chi connectivity index (χ2v) is 11.2. The molecule has 8 aromatic rings. The molecule has 7 nitrogen and oxygen atoms in total. The van der Waals surface area contributed by atoms with Gasteiger partial charge >= 0.3 is 0 Å². The lowest BCUT2D eigenvalue weighted by atomic mass is 10.1. The van der Waals surface area contributed by atoms with E-state index in [-0.39, 0.29) is 0 Å². The molecule has 0 fully saturated rings. The maximum Gasteiger partial charge on any atom is 0.164 e. The van der Waals surface area contributed by atoms with Crippen molar-refractivity contribution in [2.45, 2.75) is 0 Å². The Morgan fingerprint density at radius 1 is 0.245 bits per heavy atom. The van der Waals surface area contributed by atoms with Crippen LogP contribution in [0.1, 0.15) is 0 Å². The highest BCUT2D eigenvalue weighted by molar-refractivity contribution is 5.69. The van der Waals surface area contributed by atoms with Crippen LogP contribution in [0.4, 0.5) is 0 Å². The van der Waals surface area contributed by atoms with Crippen LogP contribution in [0.5, 0.6) is 11.5 Å². The van der Waals surface area contributed by atoms with Crippen LogP contribution in [0.3, 0.4) is 0 Å². The van der Waals surface area contributed by atoms with Crippen molar-refractivity contribution in [3.63, 3.8) is 0 Å². The summed E-state index contributed by atoms with van der Waals surface area (Å²) in [6, 6.07) is 55.3. The summed E-state index contributed by atoms with van der Waals surface area (Å²) in [7, 11) is 0. The number of rotatable bonds is 8. The van der Waals surface area contributed by atoms with Gasteiger partial charge in [-0.05, 0) is 24.3 Å². The Hall–Kier alpha value is -6.86. The van der Waals surface area contributed by atoms with E-state index in [4.69, 9.17) is 34.6 Å². The quantitative estimate of drug-likeness (QED) is 0.165. The van der Waals surface area contributed by atoms with Crippen molar-refractivity contribution < 1.29 is 4.74 Å². The monoisotopic (exact) mass is 632 g/mol. The molecular formula is C42H28N6O. The summed E-state index contributed by atoms with van der Waals surface area (Å²) in [5, 5.41) is 0. The van der Waals surface area contributed by atoms with E-state index >= 15 is 0 Å². The first-order chi connectivity index (χ1) is 24.2. The second kappa shape index (κ2) is 13.5. The van der Waals surface area contributed by atoms with Crippen molar-refractivity contribution >= 4 is 0 Å². The number of benzene rings is 6. The molecule has 49 heavy (non-hydrogen) atoms. The molecule has 0 saturated heterocycles. The third-order valence-corrected chi connectivity index (χ3v) is 7.82. The van der Waals surface area contributed by atoms with Crippen LogP contribution in [0, 0.1) is 0 Å². The van der Waals surface area contributed by atoms with Crippen molar-refractivity contribution in [1.29, 1.82) is 0 Å². The molecule has 0 aliphatic heterocycles. The van der Waals surface area contributed by atoms with Crippen molar-refractivity contribution in [2.24, 2.45) is 0 Å². The molecule has 2 aromatic heterocycles. The summed E-state index contributed by atoms with van der Waals surface area (Å²) >= 11 is 0. The molecule has 0 saturated carbocycles. The van der Waals surface area contributed by atoms with Gasteiger partial charge in [0, 0.05) is 33.4 Å². The van der Waals surface area contributed by atoms with Crippen molar-refractivity contribution in [3.05, 3.63) is 170 Å². The Bertz CT molecular complexity index is 2070. The average Bonchev–Trinajstić information content (AvgIpc) is 3.19. The normalized spacial score (nSPS) is 10.9. The van der Waals surface area contributed by atoms with Gasteiger partial charge in [0.2, 0.25) is 0 Å². The Kier molecular flexibility index (Phi) is 8.12. The summed E-state index contributed by atoms with van der Waals surface area (Å²) in [5.41, 5.74) is 5.27. The van der Waals surface area contributed by atoms with E-state index in [1.807, 2.05) is 170 Å². The topological polar surface area (TPSA) is 86.6 Å². The third-order valence-electron chi connectivity index (χ3n) is 7.82. The van der Waals surface area contributed by atoms with Gasteiger partial charge in [0.25, 0.3) is 0 Å². The number of hydrogen-bond acceptors (Lipinski definition) is 7. The summed E-state index contributed by atoms with van der Waals surface area (Å²) in [6.45, 7) is 0. The molecule has 7 heteroatoms. The molecule has 0 aliphatic carbocycles. The van der Waals surface area contributed by atoms with Crippen LogP contribution in [0.15, 0.2) is 170 Å². The van der Waals surface area contributed by atoms with Crippen molar-refractivity contribution in [2.75, 3.05) is 0 Å². The van der Waals surface area contributed by atoms with E-state index in [1.54, 1.807) is 0 Å². The lowest BCUT2D eigenvalue weighted by molar-refractivity contribution is 0.483. The van der Waals surface area contributed by atoms with Crippen LogP contribution >= 0.6 is 0 Å². The Labute approximate surface area is 283 Å². The van der Waals surface area contributed by atoms with Crippen LogP contribution in [-0.2, 0) is 0 Å². The summed E-state index contributed by atoms with van der Waals surface area (Å²) < 4.78 is 6.42. The Morgan fingerprint density at radius 2 is 0.490 bits per heavy atom. The minimum atomic E-state index is 0.555. The molecular weight excluding hydrogens is 605 g/mol. The van der Waals surface area contributed by atoms with Gasteiger partial charge in [0.1, 0.15) is 11.5 Å². The third kappa shape index (κ3) is 6.68. The van der Waals surface area contributed by atoms with Gasteiger partial charge in [0.05, 0.1) is 0 Å². The lowest BCUT2D eigenvalue weighted by Gasteiger charge is -2.11. The molecule has 0 radical (unpaired) electrons. The van der Waals surface area contributed by atoms with Crippen LogP contribution in [0.2, 0.25) is 0 Å². The highest BCUT2D eigenvalue weighted by atomic mass is 16.5. The summed E-state index contributed by atoms with van der Waals surface area (Å²) in [4.78, 5) is 29.1. The van der Waals surface area contributed by atoms with Gasteiger partial charge in [-0.1, -0.05) is 146 Å². The first-order valence-corrected chi connectivity index (χ1v) is 15.9. The minimum absolute atomic E-state index is 0.555. The van der Waals surface area contributed by atoms with E-state index < -0.39 is 0 Å². The second-order valence-electron chi connectivity index (χ2n) is 11.2. The average molecular weight is 633 g/mol. The van der Waals surface area contributed by atoms with Crippen molar-refractivity contribution in [1.82, 2.24) is 29.9 Å². The van der Waals surface area contributed by atoms with Gasteiger partial charge in [-0.3, -0.25) is 0 Å². The minimum Gasteiger partial charge on any atom is -0.457 e. The first-order valence-electron chi connectivity index (χ1n) is 15.9. The predicted molar refractivity (Wildman–Crippen MR) is 192 cm³/mol. The Balaban J connectivity index is 1.14. The maximum atomic E-state index is 6.42. The summed E-state index contributed by atoms with van der Waals surface area (Å²) in [5.74, 6) is 4.80. The number of hydrogen-bond donors (Lipinski definition) is 0. The molecule has 0 amide bonds. The van der Waals surface area contributed by atoms with Crippen LogP contribution < -0.4 is 4.74 Å². The molecule has 0 N–H and O–H groups in total. The number of aromatic nitrogens is 6. The molecule has 8 rings (SSSR count). The first kappa shape index (κ1) is 29.5. The zero-order valence-corrected chi connectivity index (χ0v) is 26.3. The van der Waals surface area contributed by atoms with E-state index in [2.05, 4.69) is 0 Å². The lowest BCUT2D eigenvalue weighted by Crippen LogP contribution is -2.00. The summed E-state index contributed by atoms with van der Waals surface area (Å²) in [6.07, 6.45) is 0. The highest BCUT2D eigenvalue weighted by Crippen LogP contribution is 2.31. The molecule has 0 spiro atoms. The molecule has 0 atom stereocenters. The molecule has 0 aliphatic rings. The molecule has 0 bridgehead atoms.